The van der Waals surface area contributed by atoms with Crippen molar-refractivity contribution >= 4 is 12.3 Å². The van der Waals surface area contributed by atoms with E-state index in [1.54, 1.807) is 6.20 Å². The van der Waals surface area contributed by atoms with Crippen molar-refractivity contribution in [1.82, 2.24) is 15.2 Å². The number of piperidine rings is 1. The van der Waals surface area contributed by atoms with Crippen molar-refractivity contribution in [3.05, 3.63) is 54.1 Å². The zero-order valence-electron chi connectivity index (χ0n) is 17.1. The summed E-state index contributed by atoms with van der Waals surface area (Å²) in [6.07, 6.45) is 7.77. The third-order valence-electron chi connectivity index (χ3n) is 6.43. The zero-order chi connectivity index (χ0) is 20.6. The molecule has 156 valence electrons. The SMILES string of the molecule is Cc1oc(-c2ccccc2)nc1CCN1C(=O)OC2(CCNCC2)C2C=NC=CC21. The van der Waals surface area contributed by atoms with Gasteiger partial charge in [-0.15, -0.1) is 0 Å². The van der Waals surface area contributed by atoms with Crippen LogP contribution in [0.4, 0.5) is 4.79 Å². The summed E-state index contributed by atoms with van der Waals surface area (Å²) in [5.74, 6) is 1.47. The van der Waals surface area contributed by atoms with Crippen LogP contribution in [0.25, 0.3) is 11.5 Å². The highest BCUT2D eigenvalue weighted by molar-refractivity contribution is 5.76. The van der Waals surface area contributed by atoms with Crippen molar-refractivity contribution in [3.63, 3.8) is 0 Å². The Morgan fingerprint density at radius 2 is 2.03 bits per heavy atom. The van der Waals surface area contributed by atoms with Gasteiger partial charge >= 0.3 is 6.09 Å². The summed E-state index contributed by atoms with van der Waals surface area (Å²) in [6, 6.07) is 9.81. The fourth-order valence-electron chi connectivity index (χ4n) is 4.77. The van der Waals surface area contributed by atoms with Gasteiger partial charge in [0.05, 0.1) is 17.7 Å². The Morgan fingerprint density at radius 1 is 1.23 bits per heavy atom. The summed E-state index contributed by atoms with van der Waals surface area (Å²) in [4.78, 5) is 23.9. The van der Waals surface area contributed by atoms with Gasteiger partial charge in [-0.1, -0.05) is 18.2 Å². The van der Waals surface area contributed by atoms with Gasteiger partial charge in [-0.3, -0.25) is 4.99 Å². The molecule has 0 saturated carbocycles. The number of ether oxygens (including phenoxy) is 1. The van der Waals surface area contributed by atoms with E-state index in [1.165, 1.54) is 0 Å². The highest BCUT2D eigenvalue weighted by atomic mass is 16.6. The highest BCUT2D eigenvalue weighted by Gasteiger charge is 2.53. The number of carbonyl (C=O) groups excluding carboxylic acids is 1. The molecule has 0 aliphatic carbocycles. The molecule has 7 heteroatoms. The van der Waals surface area contributed by atoms with Gasteiger partial charge in [-0.2, -0.15) is 0 Å². The molecule has 0 radical (unpaired) electrons. The number of aromatic nitrogens is 1. The first kappa shape index (κ1) is 19.1. The summed E-state index contributed by atoms with van der Waals surface area (Å²) < 4.78 is 11.9. The number of amides is 1. The van der Waals surface area contributed by atoms with E-state index in [0.717, 1.165) is 42.9 Å². The van der Waals surface area contributed by atoms with Crippen LogP contribution in [0, 0.1) is 12.8 Å². The molecule has 3 aliphatic heterocycles. The van der Waals surface area contributed by atoms with Crippen LogP contribution >= 0.6 is 0 Å². The molecule has 7 nitrogen and oxygen atoms in total. The van der Waals surface area contributed by atoms with Crippen LogP contribution in [0.1, 0.15) is 24.3 Å². The van der Waals surface area contributed by atoms with E-state index in [4.69, 9.17) is 9.15 Å². The molecule has 5 rings (SSSR count). The lowest BCUT2D eigenvalue weighted by molar-refractivity contribution is -0.0974. The maximum absolute atomic E-state index is 13.0. The van der Waals surface area contributed by atoms with Crippen molar-refractivity contribution in [1.29, 1.82) is 0 Å². The number of benzene rings is 1. The third kappa shape index (κ3) is 3.33. The van der Waals surface area contributed by atoms with Crippen LogP contribution in [-0.2, 0) is 11.2 Å². The first-order valence-corrected chi connectivity index (χ1v) is 10.6. The largest absolute Gasteiger partial charge is 0.442 e. The van der Waals surface area contributed by atoms with Gasteiger partial charge in [0.15, 0.2) is 0 Å². The molecule has 2 saturated heterocycles. The summed E-state index contributed by atoms with van der Waals surface area (Å²) in [5, 5.41) is 3.36. The summed E-state index contributed by atoms with van der Waals surface area (Å²) in [7, 11) is 0. The van der Waals surface area contributed by atoms with E-state index in [0.29, 0.717) is 18.9 Å². The zero-order valence-corrected chi connectivity index (χ0v) is 17.1. The Balaban J connectivity index is 1.34. The van der Waals surface area contributed by atoms with E-state index in [-0.39, 0.29) is 18.1 Å². The van der Waals surface area contributed by atoms with E-state index >= 15 is 0 Å². The number of hydrogen-bond donors (Lipinski definition) is 1. The van der Waals surface area contributed by atoms with Crippen LogP contribution in [-0.4, -0.2) is 53.5 Å². The van der Waals surface area contributed by atoms with Gasteiger partial charge in [0.1, 0.15) is 11.4 Å². The summed E-state index contributed by atoms with van der Waals surface area (Å²) in [6.45, 7) is 4.15. The predicted molar refractivity (Wildman–Crippen MR) is 113 cm³/mol. The number of nitrogens with one attached hydrogen (secondary N) is 1. The molecule has 1 spiro atoms. The van der Waals surface area contributed by atoms with Crippen molar-refractivity contribution < 1.29 is 13.9 Å². The Hall–Kier alpha value is -2.93. The molecule has 2 aromatic rings. The lowest BCUT2D eigenvalue weighted by Crippen LogP contribution is -2.64. The van der Waals surface area contributed by atoms with Crippen molar-refractivity contribution in [3.8, 4) is 11.5 Å². The number of nitrogens with zero attached hydrogens (tertiary/aromatic N) is 3. The minimum absolute atomic E-state index is 0.0392. The molecule has 30 heavy (non-hydrogen) atoms. The Kier molecular flexibility index (Phi) is 4.90. The molecular formula is C23H26N4O3. The quantitative estimate of drug-likeness (QED) is 0.842. The number of fused-ring (bicyclic) bond motifs is 2. The molecule has 3 aliphatic rings. The summed E-state index contributed by atoms with van der Waals surface area (Å²) >= 11 is 0. The Labute approximate surface area is 175 Å². The van der Waals surface area contributed by atoms with Gasteiger partial charge in [-0.25, -0.2) is 9.78 Å². The monoisotopic (exact) mass is 406 g/mol. The second-order valence-corrected chi connectivity index (χ2v) is 8.17. The standard InChI is InChI=1S/C23H26N4O3/c1-16-19(26-21(29-16)17-5-3-2-4-6-17)8-14-27-20-7-11-25-15-18(20)23(30-22(27)28)9-12-24-13-10-23/h2-7,11,15,18,20,24H,8-10,12-14H2,1H3. The van der Waals surface area contributed by atoms with Crippen LogP contribution in [0.2, 0.25) is 0 Å². The van der Waals surface area contributed by atoms with E-state index in [1.807, 2.05) is 54.4 Å². The highest BCUT2D eigenvalue weighted by Crippen LogP contribution is 2.40. The normalized spacial score (nSPS) is 24.7. The molecule has 0 bridgehead atoms. The number of carbonyl (C=O) groups is 1. The first-order chi connectivity index (χ1) is 14.7. The van der Waals surface area contributed by atoms with Crippen molar-refractivity contribution in [2.24, 2.45) is 10.9 Å². The lowest BCUT2D eigenvalue weighted by atomic mass is 9.74. The molecule has 1 amide bonds. The number of aryl methyl sites for hydroxylation is 1. The molecule has 4 heterocycles. The minimum Gasteiger partial charge on any atom is -0.442 e. The van der Waals surface area contributed by atoms with Gasteiger partial charge in [0, 0.05) is 43.8 Å². The fraction of sp³-hybridized carbons (Fsp3) is 0.435. The third-order valence-corrected chi connectivity index (χ3v) is 6.43. The van der Waals surface area contributed by atoms with E-state index in [9.17, 15) is 4.79 Å². The Bertz CT molecular complexity index is 976. The van der Waals surface area contributed by atoms with E-state index < -0.39 is 5.60 Å². The number of hydrogen-bond acceptors (Lipinski definition) is 6. The Morgan fingerprint density at radius 3 is 2.83 bits per heavy atom. The average molecular weight is 406 g/mol. The van der Waals surface area contributed by atoms with Crippen LogP contribution in [0.15, 0.2) is 52.0 Å². The van der Waals surface area contributed by atoms with Crippen LogP contribution < -0.4 is 5.32 Å². The lowest BCUT2D eigenvalue weighted by Gasteiger charge is -2.51. The first-order valence-electron chi connectivity index (χ1n) is 10.6. The molecule has 2 atom stereocenters. The van der Waals surface area contributed by atoms with Gasteiger partial charge in [0.2, 0.25) is 5.89 Å². The molecule has 2 unspecified atom stereocenters. The maximum atomic E-state index is 13.0. The number of rotatable bonds is 4. The average Bonchev–Trinajstić information content (AvgIpc) is 3.15. The molecule has 2 fully saturated rings. The smallest absolute Gasteiger partial charge is 0.410 e. The number of aliphatic imine (C=N–C) groups is 1. The second-order valence-electron chi connectivity index (χ2n) is 8.17. The predicted octanol–water partition coefficient (Wildman–Crippen LogP) is 3.35. The maximum Gasteiger partial charge on any atom is 0.410 e. The van der Waals surface area contributed by atoms with Crippen molar-refractivity contribution in [2.45, 2.75) is 37.8 Å². The topological polar surface area (TPSA) is 80.0 Å². The minimum atomic E-state index is -0.456. The molecule has 1 N–H and O–H groups in total. The van der Waals surface area contributed by atoms with Crippen LogP contribution in [0.3, 0.4) is 0 Å². The van der Waals surface area contributed by atoms with E-state index in [2.05, 4.69) is 15.3 Å². The number of oxazole rings is 1. The fourth-order valence-corrected chi connectivity index (χ4v) is 4.77. The molecular weight excluding hydrogens is 380 g/mol. The molecule has 1 aromatic carbocycles. The summed E-state index contributed by atoms with van der Waals surface area (Å²) in [5.41, 5.74) is 1.36. The second kappa shape index (κ2) is 7.72. The van der Waals surface area contributed by atoms with Crippen molar-refractivity contribution in [2.75, 3.05) is 19.6 Å². The molecule has 1 aromatic heterocycles. The van der Waals surface area contributed by atoms with Gasteiger partial charge < -0.3 is 19.4 Å². The van der Waals surface area contributed by atoms with Gasteiger partial charge in [0.25, 0.3) is 0 Å². The van der Waals surface area contributed by atoms with Crippen LogP contribution in [0.5, 0.6) is 0 Å². The van der Waals surface area contributed by atoms with Gasteiger partial charge in [-0.05, 0) is 38.2 Å².